The van der Waals surface area contributed by atoms with Gasteiger partial charge in [0.15, 0.2) is 1.41 Å². The molecule has 0 atom stereocenters. The zero-order chi connectivity index (χ0) is 16.8. The van der Waals surface area contributed by atoms with Crippen LogP contribution in [0.15, 0.2) is 24.3 Å². The zero-order valence-electron chi connectivity index (χ0n) is 14.4. The van der Waals surface area contributed by atoms with Gasteiger partial charge < -0.3 is 10.4 Å². The molecule has 0 spiro atoms. The summed E-state index contributed by atoms with van der Waals surface area (Å²) < 4.78 is 29.8. The second-order valence-electron chi connectivity index (χ2n) is 3.02. The van der Waals surface area contributed by atoms with E-state index >= 15 is 0 Å². The predicted molar refractivity (Wildman–Crippen MR) is 64.9 cm³/mol. The van der Waals surface area contributed by atoms with Crippen LogP contribution >= 0.6 is 0 Å². The van der Waals surface area contributed by atoms with Gasteiger partial charge in [-0.05, 0) is 18.6 Å². The first-order valence-electron chi connectivity index (χ1n) is 7.54. The Bertz CT molecular complexity index is 431. The average molecular weight is 230 g/mol. The summed E-state index contributed by atoms with van der Waals surface area (Å²) in [5, 5.41) is 4.63. The molecule has 1 amide bonds. The summed E-state index contributed by atoms with van der Waals surface area (Å²) in [6.45, 7) is 2.13. The molecule has 0 heterocycles. The van der Waals surface area contributed by atoms with Crippen molar-refractivity contribution in [3.63, 3.8) is 0 Å². The molecule has 4 heteroatoms. The van der Waals surface area contributed by atoms with Crippen LogP contribution in [-0.4, -0.2) is 23.5 Å². The minimum Gasteiger partial charge on any atom is -0.478 e. The largest absolute Gasteiger partial charge is 0.478 e. The van der Waals surface area contributed by atoms with Crippen LogP contribution in [0.1, 0.15) is 45.8 Å². The van der Waals surface area contributed by atoms with Gasteiger partial charge in [0, 0.05) is 10.9 Å². The van der Waals surface area contributed by atoms with Crippen LogP contribution in [0, 0.1) is 0 Å². The third kappa shape index (κ3) is 3.38. The number of carboxylic acids is 1. The minimum atomic E-state index is -0.904. The molecule has 2 N–H and O–H groups in total. The summed E-state index contributed by atoms with van der Waals surface area (Å²) in [5.74, 6) is -1.48. The van der Waals surface area contributed by atoms with Gasteiger partial charge in [-0.3, -0.25) is 4.79 Å². The van der Waals surface area contributed by atoms with Crippen LogP contribution < -0.4 is 5.31 Å². The minimum absolute atomic E-state index is 0.000790. The molecule has 1 aromatic rings. The van der Waals surface area contributed by atoms with Crippen LogP contribution in [0.4, 0.5) is 0 Å². The van der Waals surface area contributed by atoms with E-state index in [0.29, 0.717) is 6.42 Å². The van der Waals surface area contributed by atoms with Crippen LogP contribution in [0.25, 0.3) is 1.43 Å². The second-order valence-corrected chi connectivity index (χ2v) is 3.02. The molecule has 0 saturated heterocycles. The Balaban J connectivity index is 0. The van der Waals surface area contributed by atoms with Crippen molar-refractivity contribution >= 4 is 11.9 Å². The summed E-state index contributed by atoms with van der Waals surface area (Å²) in [6.07, 6.45) is 0.653. The number of carboxylic acid groups (broad SMARTS) is 1. The first kappa shape index (κ1) is 8.33. The van der Waals surface area contributed by atoms with Crippen molar-refractivity contribution in [2.24, 2.45) is 0 Å². The summed E-state index contributed by atoms with van der Waals surface area (Å²) in [7, 11) is 1.25. The van der Waals surface area contributed by atoms with E-state index in [0.717, 1.165) is 5.31 Å². The Kier molecular flexibility index (Phi) is 3.44. The van der Waals surface area contributed by atoms with Gasteiger partial charge in [0.25, 0.3) is 7.34 Å². The third-order valence-electron chi connectivity index (χ3n) is 1.86. The van der Waals surface area contributed by atoms with E-state index in [1.165, 1.54) is 19.5 Å². The van der Waals surface area contributed by atoms with Crippen LogP contribution in [0.3, 0.4) is 0 Å². The first-order valence-corrected chi connectivity index (χ1v) is 4.69. The van der Waals surface area contributed by atoms with Crippen molar-refractivity contribution in [2.75, 3.05) is 6.54 Å². The van der Waals surface area contributed by atoms with Crippen LogP contribution in [-0.2, 0) is 0 Å². The molecular weight excluding hydrogens is 206 g/mol. The van der Waals surface area contributed by atoms with E-state index in [2.05, 4.69) is 5.11 Å². The molecule has 0 bridgehead atoms. The maximum atomic E-state index is 11.8. The van der Waals surface area contributed by atoms with Gasteiger partial charge in [-0.25, -0.2) is 4.79 Å². The molecule has 0 aromatic heterocycles. The Morgan fingerprint density at radius 3 is 2.81 bits per heavy atom. The monoisotopic (exact) mass is 230 g/mol. The fraction of sp³-hybridized carbons (Fsp3) is 0.333. The molecule has 16 heavy (non-hydrogen) atoms. The SMILES string of the molecule is [2H]C.[2H]OC(=O)c1ccccc1C(=O)N([2H])CCC.[2H][2H]. The fourth-order valence-electron chi connectivity index (χ4n) is 1.15. The molecule has 0 saturated carbocycles. The Hall–Kier alpha value is -1.84. The number of carbonyl (C=O) groups is 2. The molecule has 0 aliphatic carbocycles. The zero-order valence-corrected chi connectivity index (χ0v) is 9.40. The summed E-state index contributed by atoms with van der Waals surface area (Å²) in [4.78, 5) is 23.1. The maximum Gasteiger partial charge on any atom is 0.336 e. The van der Waals surface area contributed by atoms with E-state index in [4.69, 9.17) is 7.18 Å². The third-order valence-corrected chi connectivity index (χ3v) is 1.86. The number of benzene rings is 1. The molecule has 0 aliphatic rings. The number of aromatic carboxylic acids is 1. The van der Waals surface area contributed by atoms with Crippen molar-refractivity contribution in [1.29, 1.82) is 1.43 Å². The van der Waals surface area contributed by atoms with Gasteiger partial charge in [0.2, 0.25) is 0 Å². The molecule has 90 valence electrons. The van der Waals surface area contributed by atoms with E-state index in [9.17, 15) is 9.59 Å². The molecular formula is C12H19NO3. The van der Waals surface area contributed by atoms with Crippen LogP contribution in [0.2, 0.25) is 1.41 Å². The average Bonchev–Trinajstić information content (AvgIpc) is 2.57. The molecule has 0 radical (unpaired) electrons. The highest BCUT2D eigenvalue weighted by atomic mass is 16.4. The normalized spacial score (nSPS) is 11.5. The van der Waals surface area contributed by atoms with Crippen molar-refractivity contribution in [3.05, 3.63) is 35.4 Å². The van der Waals surface area contributed by atoms with Crippen LogP contribution in [0.5, 0.6) is 0 Å². The number of hydrogen-bond donors (Lipinski definition) is 2. The Morgan fingerprint density at radius 2 is 2.25 bits per heavy atom. The topological polar surface area (TPSA) is 66.4 Å². The van der Waals surface area contributed by atoms with Crippen molar-refractivity contribution in [1.82, 2.24) is 5.31 Å². The highest BCUT2D eigenvalue weighted by Gasteiger charge is 2.14. The number of carbonyl (C=O) groups excluding carboxylic acids is 1. The first-order chi connectivity index (χ1) is 10.1. The van der Waals surface area contributed by atoms with Crippen molar-refractivity contribution in [2.45, 2.75) is 20.7 Å². The molecule has 1 rings (SSSR count). The quantitative estimate of drug-likeness (QED) is 0.834. The maximum absolute atomic E-state index is 11.8. The number of amides is 1. The van der Waals surface area contributed by atoms with Gasteiger partial charge in [-0.15, -0.1) is 0 Å². The highest BCUT2D eigenvalue weighted by molar-refractivity contribution is 6.04. The lowest BCUT2D eigenvalue weighted by atomic mass is 10.1. The molecule has 0 unspecified atom stereocenters. The number of hydrogen-bond acceptors (Lipinski definition) is 3. The highest BCUT2D eigenvalue weighted by Crippen LogP contribution is 2.08. The molecule has 4 nitrogen and oxygen atoms in total. The van der Waals surface area contributed by atoms with Gasteiger partial charge in [-0.1, -0.05) is 26.5 Å². The van der Waals surface area contributed by atoms with E-state index in [1.54, 1.807) is 12.1 Å². The standard InChI is InChI=1S/C11H13NO3.CH4.H2/c1-2-7-12-10(13)8-5-3-4-6-9(8)11(14)15;;/h3-6H,2,7H2,1H3,(H,12,13)(H,14,15);1H4;1H/i;1D;1+1D/hD2. The van der Waals surface area contributed by atoms with Crippen molar-refractivity contribution < 1.29 is 20.5 Å². The summed E-state index contributed by atoms with van der Waals surface area (Å²) >= 11 is 0. The molecule has 0 aliphatic heterocycles. The molecule has 1 aromatic carbocycles. The number of nitrogens with one attached hydrogen (secondary N) is 1. The second kappa shape index (κ2) is 6.61. The molecule has 0 fully saturated rings. The smallest absolute Gasteiger partial charge is 0.336 e. The lowest BCUT2D eigenvalue weighted by Crippen LogP contribution is -2.25. The lowest BCUT2D eigenvalue weighted by Gasteiger charge is -2.05. The van der Waals surface area contributed by atoms with Gasteiger partial charge in [0.05, 0.1) is 11.1 Å². The van der Waals surface area contributed by atoms with E-state index in [1.807, 2.05) is 6.92 Å². The Labute approximate surface area is 103 Å². The van der Waals surface area contributed by atoms with E-state index < -0.39 is 11.9 Å². The predicted octanol–water partition coefficient (Wildman–Crippen LogP) is 2.41. The number of rotatable bonds is 4. The lowest BCUT2D eigenvalue weighted by molar-refractivity contribution is 0.0691. The summed E-state index contributed by atoms with van der Waals surface area (Å²) in [5.41, 5.74) is 0.0778. The van der Waals surface area contributed by atoms with Gasteiger partial charge in [0.1, 0.15) is 0 Å². The van der Waals surface area contributed by atoms with Gasteiger partial charge in [-0.2, -0.15) is 0 Å². The van der Waals surface area contributed by atoms with E-state index in [-0.39, 0.29) is 17.7 Å². The Morgan fingerprint density at radius 1 is 1.62 bits per heavy atom. The fourth-order valence-corrected chi connectivity index (χ4v) is 1.15. The summed E-state index contributed by atoms with van der Waals surface area (Å²) in [6, 6.07) is 5.99. The van der Waals surface area contributed by atoms with Gasteiger partial charge >= 0.3 is 5.97 Å². The van der Waals surface area contributed by atoms with Crippen molar-refractivity contribution in [3.8, 4) is 0 Å².